The first-order chi connectivity index (χ1) is 10.1. The van der Waals surface area contributed by atoms with E-state index in [4.69, 9.17) is 0 Å². The fourth-order valence-electron chi connectivity index (χ4n) is 2.86. The Balaban J connectivity index is 2.14. The first kappa shape index (κ1) is 16.0. The van der Waals surface area contributed by atoms with Crippen molar-refractivity contribution >= 4 is 11.6 Å². The molecule has 1 aromatic rings. The SMILES string of the molecule is CCCNc1ncnc(NC2CCC(O)CC2)c1C(C)C. The van der Waals surface area contributed by atoms with Crippen molar-refractivity contribution in [2.45, 2.75) is 70.9 Å². The van der Waals surface area contributed by atoms with E-state index < -0.39 is 0 Å². The normalized spacial score (nSPS) is 22.3. The largest absolute Gasteiger partial charge is 0.393 e. The van der Waals surface area contributed by atoms with Crippen molar-refractivity contribution < 1.29 is 5.11 Å². The molecule has 0 spiro atoms. The standard InChI is InChI=1S/C16H28N4O/c1-4-9-17-15-14(11(2)3)16(19-10-18-15)20-12-5-7-13(21)8-6-12/h10-13,21H,4-9H2,1-3H3,(H2,17,18,19,20). The van der Waals surface area contributed by atoms with Gasteiger partial charge in [0.2, 0.25) is 0 Å². The summed E-state index contributed by atoms with van der Waals surface area (Å²) in [6.45, 7) is 7.42. The molecule has 0 bridgehead atoms. The summed E-state index contributed by atoms with van der Waals surface area (Å²) >= 11 is 0. The van der Waals surface area contributed by atoms with E-state index in [0.29, 0.717) is 12.0 Å². The summed E-state index contributed by atoms with van der Waals surface area (Å²) in [5.41, 5.74) is 1.16. The summed E-state index contributed by atoms with van der Waals surface area (Å²) in [5, 5.41) is 16.6. The van der Waals surface area contributed by atoms with E-state index in [1.807, 2.05) is 0 Å². The van der Waals surface area contributed by atoms with Gasteiger partial charge in [0.15, 0.2) is 0 Å². The summed E-state index contributed by atoms with van der Waals surface area (Å²) < 4.78 is 0. The molecule has 118 valence electrons. The lowest BCUT2D eigenvalue weighted by Crippen LogP contribution is -2.29. The van der Waals surface area contributed by atoms with E-state index >= 15 is 0 Å². The Morgan fingerprint density at radius 2 is 1.86 bits per heavy atom. The fourth-order valence-corrected chi connectivity index (χ4v) is 2.86. The molecule has 1 fully saturated rings. The monoisotopic (exact) mass is 292 g/mol. The van der Waals surface area contributed by atoms with Gasteiger partial charge in [-0.2, -0.15) is 0 Å². The third kappa shape index (κ3) is 4.30. The van der Waals surface area contributed by atoms with Gasteiger partial charge in [0.05, 0.1) is 6.10 Å². The molecule has 5 nitrogen and oxygen atoms in total. The number of aromatic nitrogens is 2. The second kappa shape index (κ2) is 7.59. The van der Waals surface area contributed by atoms with Crippen molar-refractivity contribution in [1.82, 2.24) is 9.97 Å². The Morgan fingerprint density at radius 3 is 2.48 bits per heavy atom. The number of aliphatic hydroxyl groups is 1. The molecule has 1 heterocycles. The number of rotatable bonds is 6. The van der Waals surface area contributed by atoms with E-state index in [9.17, 15) is 5.11 Å². The molecule has 0 atom stereocenters. The van der Waals surface area contributed by atoms with Crippen molar-refractivity contribution in [2.24, 2.45) is 0 Å². The first-order valence-electron chi connectivity index (χ1n) is 8.15. The van der Waals surface area contributed by atoms with Gasteiger partial charge in [0.25, 0.3) is 0 Å². The Morgan fingerprint density at radius 1 is 1.19 bits per heavy atom. The lowest BCUT2D eigenvalue weighted by atomic mass is 9.93. The van der Waals surface area contributed by atoms with Crippen molar-refractivity contribution in [3.8, 4) is 0 Å². The zero-order chi connectivity index (χ0) is 15.2. The quantitative estimate of drug-likeness (QED) is 0.751. The summed E-state index contributed by atoms with van der Waals surface area (Å²) in [6, 6.07) is 0.403. The highest BCUT2D eigenvalue weighted by Gasteiger charge is 2.22. The summed E-state index contributed by atoms with van der Waals surface area (Å²) in [6.07, 6.45) is 6.33. The van der Waals surface area contributed by atoms with Gasteiger partial charge >= 0.3 is 0 Å². The van der Waals surface area contributed by atoms with Crippen LogP contribution >= 0.6 is 0 Å². The van der Waals surface area contributed by atoms with Crippen LogP contribution in [0, 0.1) is 0 Å². The molecule has 2 rings (SSSR count). The highest BCUT2D eigenvalue weighted by Crippen LogP contribution is 2.30. The van der Waals surface area contributed by atoms with Crippen molar-refractivity contribution in [3.63, 3.8) is 0 Å². The lowest BCUT2D eigenvalue weighted by molar-refractivity contribution is 0.126. The number of aliphatic hydroxyl groups excluding tert-OH is 1. The van der Waals surface area contributed by atoms with Crippen LogP contribution < -0.4 is 10.6 Å². The third-order valence-electron chi connectivity index (χ3n) is 4.04. The van der Waals surface area contributed by atoms with Crippen LogP contribution in [0.5, 0.6) is 0 Å². The topological polar surface area (TPSA) is 70.1 Å². The molecule has 0 saturated heterocycles. The Hall–Kier alpha value is -1.36. The maximum Gasteiger partial charge on any atom is 0.135 e. The van der Waals surface area contributed by atoms with Gasteiger partial charge in [-0.1, -0.05) is 20.8 Å². The molecule has 1 aromatic heterocycles. The number of nitrogens with one attached hydrogen (secondary N) is 2. The van der Waals surface area contributed by atoms with E-state index in [0.717, 1.165) is 55.8 Å². The van der Waals surface area contributed by atoms with E-state index in [1.165, 1.54) is 0 Å². The van der Waals surface area contributed by atoms with E-state index in [1.54, 1.807) is 6.33 Å². The van der Waals surface area contributed by atoms with Crippen molar-refractivity contribution in [1.29, 1.82) is 0 Å². The third-order valence-corrected chi connectivity index (χ3v) is 4.04. The predicted molar refractivity (Wildman–Crippen MR) is 86.8 cm³/mol. The van der Waals surface area contributed by atoms with E-state index in [-0.39, 0.29) is 6.10 Å². The Kier molecular flexibility index (Phi) is 5.79. The van der Waals surface area contributed by atoms with Crippen LogP contribution in [-0.4, -0.2) is 33.8 Å². The van der Waals surface area contributed by atoms with Gasteiger partial charge in [-0.25, -0.2) is 9.97 Å². The van der Waals surface area contributed by atoms with Crippen LogP contribution in [0.25, 0.3) is 0 Å². The van der Waals surface area contributed by atoms with Crippen LogP contribution in [-0.2, 0) is 0 Å². The van der Waals surface area contributed by atoms with Crippen LogP contribution in [0.15, 0.2) is 6.33 Å². The van der Waals surface area contributed by atoms with Crippen LogP contribution in [0.4, 0.5) is 11.6 Å². The second-order valence-corrected chi connectivity index (χ2v) is 6.22. The number of hydrogen-bond acceptors (Lipinski definition) is 5. The molecule has 21 heavy (non-hydrogen) atoms. The average molecular weight is 292 g/mol. The maximum atomic E-state index is 9.61. The molecule has 1 aliphatic carbocycles. The fraction of sp³-hybridized carbons (Fsp3) is 0.750. The molecule has 0 aliphatic heterocycles. The maximum absolute atomic E-state index is 9.61. The zero-order valence-electron chi connectivity index (χ0n) is 13.4. The number of anilines is 2. The molecule has 3 N–H and O–H groups in total. The minimum atomic E-state index is -0.125. The number of hydrogen-bond donors (Lipinski definition) is 3. The Bertz CT molecular complexity index is 442. The molecular formula is C16H28N4O. The summed E-state index contributed by atoms with van der Waals surface area (Å²) in [7, 11) is 0. The highest BCUT2D eigenvalue weighted by atomic mass is 16.3. The van der Waals surface area contributed by atoms with Crippen LogP contribution in [0.2, 0.25) is 0 Å². The lowest BCUT2D eigenvalue weighted by Gasteiger charge is -2.28. The summed E-state index contributed by atoms with van der Waals surface area (Å²) in [5.74, 6) is 2.25. The molecule has 5 heteroatoms. The van der Waals surface area contributed by atoms with Gasteiger partial charge in [0, 0.05) is 18.2 Å². The van der Waals surface area contributed by atoms with Crippen molar-refractivity contribution in [2.75, 3.05) is 17.2 Å². The van der Waals surface area contributed by atoms with Crippen LogP contribution in [0.3, 0.4) is 0 Å². The molecule has 1 aliphatic rings. The minimum absolute atomic E-state index is 0.125. The first-order valence-corrected chi connectivity index (χ1v) is 8.15. The molecular weight excluding hydrogens is 264 g/mol. The highest BCUT2D eigenvalue weighted by molar-refractivity contribution is 5.59. The molecule has 1 saturated carbocycles. The minimum Gasteiger partial charge on any atom is -0.393 e. The van der Waals surface area contributed by atoms with E-state index in [2.05, 4.69) is 41.4 Å². The smallest absolute Gasteiger partial charge is 0.135 e. The van der Waals surface area contributed by atoms with Gasteiger partial charge in [-0.3, -0.25) is 0 Å². The number of nitrogens with zero attached hydrogens (tertiary/aromatic N) is 2. The van der Waals surface area contributed by atoms with Gasteiger partial charge in [-0.05, 0) is 38.0 Å². The molecule has 0 radical (unpaired) electrons. The summed E-state index contributed by atoms with van der Waals surface area (Å²) in [4.78, 5) is 8.86. The zero-order valence-corrected chi connectivity index (χ0v) is 13.4. The molecule has 0 unspecified atom stereocenters. The molecule has 0 aromatic carbocycles. The van der Waals surface area contributed by atoms with Gasteiger partial charge in [0.1, 0.15) is 18.0 Å². The molecule has 0 amide bonds. The average Bonchev–Trinajstić information content (AvgIpc) is 2.47. The van der Waals surface area contributed by atoms with Gasteiger partial charge < -0.3 is 15.7 Å². The predicted octanol–water partition coefficient (Wildman–Crippen LogP) is 3.14. The second-order valence-electron chi connectivity index (χ2n) is 6.22. The van der Waals surface area contributed by atoms with Crippen LogP contribution in [0.1, 0.15) is 64.4 Å². The Labute approximate surface area is 127 Å². The van der Waals surface area contributed by atoms with Gasteiger partial charge in [-0.15, -0.1) is 0 Å². The van der Waals surface area contributed by atoms with Crippen molar-refractivity contribution in [3.05, 3.63) is 11.9 Å².